The molecule has 2 rings (SSSR count). The summed E-state index contributed by atoms with van der Waals surface area (Å²) in [6, 6.07) is 8.64. The lowest BCUT2D eigenvalue weighted by Gasteiger charge is -1.97. The predicted octanol–water partition coefficient (Wildman–Crippen LogP) is 3.41. The van der Waals surface area contributed by atoms with E-state index in [9.17, 15) is 4.39 Å². The molecule has 80 valence electrons. The third kappa shape index (κ3) is 2.26. The number of aromatic nitrogens is 1. The van der Waals surface area contributed by atoms with Crippen molar-refractivity contribution in [2.75, 3.05) is 0 Å². The Morgan fingerprint density at radius 1 is 1.38 bits per heavy atom. The molecule has 0 saturated heterocycles. The Balaban J connectivity index is 2.26. The lowest BCUT2D eigenvalue weighted by molar-refractivity contribution is 0.631. The first-order valence-electron chi connectivity index (χ1n) is 4.87. The Morgan fingerprint density at radius 3 is 2.94 bits per heavy atom. The van der Waals surface area contributed by atoms with Gasteiger partial charge in [0, 0.05) is 23.8 Å². The molecule has 0 atom stereocenters. The average Bonchev–Trinajstić information content (AvgIpc) is 2.75. The lowest BCUT2D eigenvalue weighted by atomic mass is 10.1. The molecule has 0 aliphatic heterocycles. The average molecular weight is 232 g/mol. The first-order chi connectivity index (χ1) is 7.81. The van der Waals surface area contributed by atoms with Crippen molar-refractivity contribution in [3.63, 3.8) is 0 Å². The van der Waals surface area contributed by atoms with Gasteiger partial charge in [0.25, 0.3) is 0 Å². The maximum atomic E-state index is 13.4. The number of nitriles is 1. The molecule has 0 radical (unpaired) electrons. The van der Waals surface area contributed by atoms with Gasteiger partial charge < -0.3 is 0 Å². The van der Waals surface area contributed by atoms with Crippen LogP contribution in [0.1, 0.15) is 11.4 Å². The van der Waals surface area contributed by atoms with Gasteiger partial charge in [-0.2, -0.15) is 5.26 Å². The van der Waals surface area contributed by atoms with Crippen LogP contribution in [0.3, 0.4) is 0 Å². The van der Waals surface area contributed by atoms with E-state index in [2.05, 4.69) is 11.1 Å². The monoisotopic (exact) mass is 232 g/mol. The fourth-order valence-electron chi connectivity index (χ4n) is 1.38. The molecule has 0 bridgehead atoms. The highest BCUT2D eigenvalue weighted by atomic mass is 32.1. The number of rotatable bonds is 3. The lowest BCUT2D eigenvalue weighted by Crippen LogP contribution is -1.86. The highest BCUT2D eigenvalue weighted by Crippen LogP contribution is 2.24. The summed E-state index contributed by atoms with van der Waals surface area (Å²) in [5, 5.41) is 11.2. The highest BCUT2D eigenvalue weighted by Gasteiger charge is 2.08. The second-order valence-corrected chi connectivity index (χ2v) is 4.21. The number of halogens is 1. The van der Waals surface area contributed by atoms with Crippen molar-refractivity contribution in [1.29, 1.82) is 5.26 Å². The van der Waals surface area contributed by atoms with Crippen molar-refractivity contribution in [2.45, 2.75) is 12.8 Å². The summed E-state index contributed by atoms with van der Waals surface area (Å²) in [6.07, 6.45) is 1.08. The van der Waals surface area contributed by atoms with Crippen molar-refractivity contribution in [2.24, 2.45) is 0 Å². The number of benzene rings is 1. The Bertz CT molecular complexity index is 528. The largest absolute Gasteiger partial charge is 0.241 e. The van der Waals surface area contributed by atoms with E-state index in [1.165, 1.54) is 17.4 Å². The number of thiazole rings is 1. The normalized spacial score (nSPS) is 10.0. The second-order valence-electron chi connectivity index (χ2n) is 3.26. The molecule has 0 aliphatic rings. The Hall–Kier alpha value is -1.73. The summed E-state index contributed by atoms with van der Waals surface area (Å²) in [6.45, 7) is 0. The molecule has 1 heterocycles. The molecular formula is C12H9FN2S. The predicted molar refractivity (Wildman–Crippen MR) is 61.4 cm³/mol. The van der Waals surface area contributed by atoms with Crippen molar-refractivity contribution >= 4 is 11.3 Å². The smallest absolute Gasteiger partial charge is 0.132 e. The van der Waals surface area contributed by atoms with Gasteiger partial charge in [-0.05, 0) is 12.1 Å². The summed E-state index contributed by atoms with van der Waals surface area (Å²) < 4.78 is 13.4. The molecule has 16 heavy (non-hydrogen) atoms. The molecule has 0 unspecified atom stereocenters. The Labute approximate surface area is 97.0 Å². The van der Waals surface area contributed by atoms with Crippen LogP contribution in [0.25, 0.3) is 11.3 Å². The number of aryl methyl sites for hydroxylation is 1. The van der Waals surface area contributed by atoms with Crippen LogP contribution in [0.4, 0.5) is 4.39 Å². The van der Waals surface area contributed by atoms with Gasteiger partial charge in [0.2, 0.25) is 0 Å². The van der Waals surface area contributed by atoms with Crippen LogP contribution < -0.4 is 0 Å². The first kappa shape index (κ1) is 10.8. The van der Waals surface area contributed by atoms with E-state index in [0.717, 1.165) is 5.01 Å². The van der Waals surface area contributed by atoms with Crippen LogP contribution in [0.15, 0.2) is 29.6 Å². The molecule has 0 spiro atoms. The zero-order valence-electron chi connectivity index (χ0n) is 8.48. The van der Waals surface area contributed by atoms with Gasteiger partial charge in [-0.25, -0.2) is 9.37 Å². The number of hydrogen-bond donors (Lipinski definition) is 0. The van der Waals surface area contributed by atoms with Crippen LogP contribution in [0, 0.1) is 17.1 Å². The minimum atomic E-state index is -0.264. The Kier molecular flexibility index (Phi) is 3.28. The molecule has 1 aromatic carbocycles. The summed E-state index contributed by atoms with van der Waals surface area (Å²) in [7, 11) is 0. The van der Waals surface area contributed by atoms with Crippen LogP contribution in [-0.2, 0) is 6.42 Å². The molecule has 4 heteroatoms. The minimum absolute atomic E-state index is 0.264. The maximum Gasteiger partial charge on any atom is 0.132 e. The summed E-state index contributed by atoms with van der Waals surface area (Å²) in [4.78, 5) is 4.31. The number of nitrogens with zero attached hydrogens (tertiary/aromatic N) is 2. The van der Waals surface area contributed by atoms with Crippen molar-refractivity contribution in [1.82, 2.24) is 4.98 Å². The van der Waals surface area contributed by atoms with Crippen LogP contribution in [0.2, 0.25) is 0 Å². The fraction of sp³-hybridized carbons (Fsp3) is 0.167. The maximum absolute atomic E-state index is 13.4. The SMILES string of the molecule is N#CCCc1nc(-c2ccccc2F)cs1. The first-order valence-corrected chi connectivity index (χ1v) is 5.75. The van der Waals surface area contributed by atoms with Gasteiger partial charge in [0.05, 0.1) is 16.8 Å². The third-order valence-corrected chi connectivity index (χ3v) is 3.06. The van der Waals surface area contributed by atoms with Crippen LogP contribution in [0.5, 0.6) is 0 Å². The summed E-state index contributed by atoms with van der Waals surface area (Å²) in [5.74, 6) is -0.264. The molecule has 0 saturated carbocycles. The van der Waals surface area contributed by atoms with E-state index in [-0.39, 0.29) is 5.82 Å². The minimum Gasteiger partial charge on any atom is -0.241 e. The van der Waals surface area contributed by atoms with E-state index in [4.69, 9.17) is 5.26 Å². The summed E-state index contributed by atoms with van der Waals surface area (Å²) >= 11 is 1.46. The molecule has 0 aliphatic carbocycles. The zero-order valence-corrected chi connectivity index (χ0v) is 9.30. The van der Waals surface area contributed by atoms with Gasteiger partial charge >= 0.3 is 0 Å². The summed E-state index contributed by atoms with van der Waals surface area (Å²) in [5.41, 5.74) is 1.16. The van der Waals surface area contributed by atoms with Crippen molar-refractivity contribution < 1.29 is 4.39 Å². The van der Waals surface area contributed by atoms with E-state index in [1.807, 2.05) is 5.38 Å². The van der Waals surface area contributed by atoms with Crippen molar-refractivity contribution in [3.8, 4) is 17.3 Å². The van der Waals surface area contributed by atoms with Gasteiger partial charge in [0.15, 0.2) is 0 Å². The van der Waals surface area contributed by atoms with E-state index >= 15 is 0 Å². The molecule has 0 fully saturated rings. The van der Waals surface area contributed by atoms with Crippen molar-refractivity contribution in [3.05, 3.63) is 40.5 Å². The van der Waals surface area contributed by atoms with Gasteiger partial charge in [-0.3, -0.25) is 0 Å². The zero-order chi connectivity index (χ0) is 11.4. The van der Waals surface area contributed by atoms with Crippen LogP contribution >= 0.6 is 11.3 Å². The standard InChI is InChI=1S/C12H9FN2S/c13-10-5-2-1-4-9(10)11-8-16-12(15-11)6-3-7-14/h1-2,4-5,8H,3,6H2. The molecule has 2 nitrogen and oxygen atoms in total. The molecule has 1 aromatic heterocycles. The second kappa shape index (κ2) is 4.86. The topological polar surface area (TPSA) is 36.7 Å². The number of hydrogen-bond acceptors (Lipinski definition) is 3. The molecule has 2 aromatic rings. The van der Waals surface area contributed by atoms with Gasteiger partial charge in [-0.15, -0.1) is 11.3 Å². The highest BCUT2D eigenvalue weighted by molar-refractivity contribution is 7.09. The third-order valence-electron chi connectivity index (χ3n) is 2.15. The van der Waals surface area contributed by atoms with E-state index in [1.54, 1.807) is 18.2 Å². The molecular weight excluding hydrogens is 223 g/mol. The van der Waals surface area contributed by atoms with E-state index < -0.39 is 0 Å². The molecule has 0 N–H and O–H groups in total. The van der Waals surface area contributed by atoms with Crippen LogP contribution in [-0.4, -0.2) is 4.98 Å². The Morgan fingerprint density at radius 2 is 2.19 bits per heavy atom. The molecule has 0 amide bonds. The van der Waals surface area contributed by atoms with E-state index in [0.29, 0.717) is 24.1 Å². The van der Waals surface area contributed by atoms with Gasteiger partial charge in [0.1, 0.15) is 5.82 Å². The van der Waals surface area contributed by atoms with Gasteiger partial charge in [-0.1, -0.05) is 12.1 Å². The fourth-order valence-corrected chi connectivity index (χ4v) is 2.18. The quantitative estimate of drug-likeness (QED) is 0.813.